The summed E-state index contributed by atoms with van der Waals surface area (Å²) in [5.74, 6) is -1.79. The van der Waals surface area contributed by atoms with Gasteiger partial charge < -0.3 is 15.0 Å². The second-order valence-corrected chi connectivity index (χ2v) is 8.02. The maximum absolute atomic E-state index is 14.2. The minimum atomic E-state index is -0.593. The molecule has 1 N–H and O–H groups in total. The van der Waals surface area contributed by atoms with Crippen molar-refractivity contribution >= 4 is 11.8 Å². The fourth-order valence-corrected chi connectivity index (χ4v) is 4.17. The SMILES string of the molecule is COc1cccc([C@H]2CN(C(=O)c3ccccc3F)C[C@H]2C(=O)NCc2ccc(F)cc2)c1. The van der Waals surface area contributed by atoms with E-state index in [0.29, 0.717) is 5.75 Å². The predicted octanol–water partition coefficient (Wildman–Crippen LogP) is 4.15. The number of nitrogens with zero attached hydrogens (tertiary/aromatic N) is 1. The second-order valence-electron chi connectivity index (χ2n) is 8.02. The summed E-state index contributed by atoms with van der Waals surface area (Å²) in [5.41, 5.74) is 1.61. The Morgan fingerprint density at radius 3 is 2.48 bits per heavy atom. The van der Waals surface area contributed by atoms with E-state index in [1.807, 2.05) is 24.3 Å². The van der Waals surface area contributed by atoms with Crippen molar-refractivity contribution in [2.75, 3.05) is 20.2 Å². The van der Waals surface area contributed by atoms with Gasteiger partial charge in [-0.05, 0) is 47.5 Å². The number of hydrogen-bond acceptors (Lipinski definition) is 3. The van der Waals surface area contributed by atoms with Gasteiger partial charge in [0.15, 0.2) is 0 Å². The monoisotopic (exact) mass is 450 g/mol. The van der Waals surface area contributed by atoms with Gasteiger partial charge in [0.1, 0.15) is 17.4 Å². The van der Waals surface area contributed by atoms with E-state index in [4.69, 9.17) is 4.74 Å². The van der Waals surface area contributed by atoms with Crippen LogP contribution in [0.15, 0.2) is 72.8 Å². The molecule has 0 aromatic heterocycles. The minimum Gasteiger partial charge on any atom is -0.497 e. The molecule has 7 heteroatoms. The third-order valence-electron chi connectivity index (χ3n) is 5.95. The molecule has 3 aromatic carbocycles. The first kappa shape index (κ1) is 22.5. The number of likely N-dealkylation sites (tertiary alicyclic amines) is 1. The van der Waals surface area contributed by atoms with Crippen molar-refractivity contribution in [1.82, 2.24) is 10.2 Å². The van der Waals surface area contributed by atoms with E-state index in [-0.39, 0.29) is 42.8 Å². The normalized spacial score (nSPS) is 17.6. The highest BCUT2D eigenvalue weighted by Crippen LogP contribution is 2.35. The van der Waals surface area contributed by atoms with E-state index >= 15 is 0 Å². The zero-order valence-corrected chi connectivity index (χ0v) is 18.1. The summed E-state index contributed by atoms with van der Waals surface area (Å²) in [6.45, 7) is 0.668. The number of rotatable bonds is 6. The van der Waals surface area contributed by atoms with Gasteiger partial charge in [0.2, 0.25) is 5.91 Å². The molecule has 0 aliphatic carbocycles. The van der Waals surface area contributed by atoms with E-state index < -0.39 is 17.6 Å². The van der Waals surface area contributed by atoms with Gasteiger partial charge in [0.05, 0.1) is 18.6 Å². The first-order valence-corrected chi connectivity index (χ1v) is 10.7. The van der Waals surface area contributed by atoms with Gasteiger partial charge >= 0.3 is 0 Å². The summed E-state index contributed by atoms with van der Waals surface area (Å²) >= 11 is 0. The van der Waals surface area contributed by atoms with Crippen LogP contribution in [0.2, 0.25) is 0 Å². The van der Waals surface area contributed by atoms with Crippen LogP contribution in [-0.4, -0.2) is 36.9 Å². The second kappa shape index (κ2) is 9.81. The average Bonchev–Trinajstić information content (AvgIpc) is 3.29. The molecule has 1 heterocycles. The minimum absolute atomic E-state index is 0.0192. The zero-order valence-electron chi connectivity index (χ0n) is 18.1. The van der Waals surface area contributed by atoms with Gasteiger partial charge in [0.25, 0.3) is 5.91 Å². The molecule has 5 nitrogen and oxygen atoms in total. The molecule has 0 radical (unpaired) electrons. The summed E-state index contributed by atoms with van der Waals surface area (Å²) in [5, 5.41) is 2.89. The van der Waals surface area contributed by atoms with Crippen LogP contribution >= 0.6 is 0 Å². The fourth-order valence-electron chi connectivity index (χ4n) is 4.17. The highest BCUT2D eigenvalue weighted by molar-refractivity contribution is 5.95. The maximum atomic E-state index is 14.2. The number of ether oxygens (including phenoxy) is 1. The van der Waals surface area contributed by atoms with Crippen molar-refractivity contribution in [2.24, 2.45) is 5.92 Å². The van der Waals surface area contributed by atoms with Crippen LogP contribution in [0.4, 0.5) is 8.78 Å². The van der Waals surface area contributed by atoms with Crippen LogP contribution in [0.5, 0.6) is 5.75 Å². The first-order chi connectivity index (χ1) is 16.0. The molecule has 3 aromatic rings. The topological polar surface area (TPSA) is 58.6 Å². The molecule has 1 fully saturated rings. The maximum Gasteiger partial charge on any atom is 0.256 e. The largest absolute Gasteiger partial charge is 0.497 e. The molecular weight excluding hydrogens is 426 g/mol. The van der Waals surface area contributed by atoms with E-state index in [1.165, 1.54) is 35.2 Å². The quantitative estimate of drug-likeness (QED) is 0.614. The Bertz CT molecular complexity index is 1150. The molecule has 0 unspecified atom stereocenters. The number of hydrogen-bond donors (Lipinski definition) is 1. The van der Waals surface area contributed by atoms with Crippen LogP contribution in [0, 0.1) is 17.6 Å². The van der Waals surface area contributed by atoms with Gasteiger partial charge in [-0.2, -0.15) is 0 Å². The number of carbonyl (C=O) groups is 2. The van der Waals surface area contributed by atoms with Crippen molar-refractivity contribution in [1.29, 1.82) is 0 Å². The lowest BCUT2D eigenvalue weighted by molar-refractivity contribution is -0.125. The highest BCUT2D eigenvalue weighted by Gasteiger charge is 2.41. The lowest BCUT2D eigenvalue weighted by Crippen LogP contribution is -2.35. The number of amides is 2. The standard InChI is InChI=1S/C26H24F2N2O3/c1-33-20-6-4-5-18(13-20)22-15-30(26(32)21-7-2-3-8-24(21)28)16-23(22)25(31)29-14-17-9-11-19(27)12-10-17/h2-13,22-23H,14-16H2,1H3,(H,29,31)/t22-,23-/m1/s1. The van der Waals surface area contributed by atoms with Crippen molar-refractivity contribution in [3.63, 3.8) is 0 Å². The number of nitrogens with one attached hydrogen (secondary N) is 1. The summed E-state index contributed by atoms with van der Waals surface area (Å²) in [4.78, 5) is 27.7. The zero-order chi connectivity index (χ0) is 23.4. The van der Waals surface area contributed by atoms with Crippen molar-refractivity contribution in [2.45, 2.75) is 12.5 Å². The summed E-state index contributed by atoms with van der Waals surface area (Å²) < 4.78 is 32.7. The van der Waals surface area contributed by atoms with Gasteiger partial charge in [0, 0.05) is 25.6 Å². The number of halogens is 2. The lowest BCUT2D eigenvalue weighted by atomic mass is 9.88. The molecule has 2 amide bonds. The van der Waals surface area contributed by atoms with E-state index in [1.54, 1.807) is 25.3 Å². The smallest absolute Gasteiger partial charge is 0.256 e. The van der Waals surface area contributed by atoms with Crippen molar-refractivity contribution in [3.05, 3.63) is 101 Å². The van der Waals surface area contributed by atoms with Crippen LogP contribution < -0.4 is 10.1 Å². The summed E-state index contributed by atoms with van der Waals surface area (Å²) in [7, 11) is 1.56. The molecule has 1 saturated heterocycles. The highest BCUT2D eigenvalue weighted by atomic mass is 19.1. The van der Waals surface area contributed by atoms with Gasteiger partial charge in [-0.15, -0.1) is 0 Å². The Morgan fingerprint density at radius 2 is 1.76 bits per heavy atom. The molecule has 170 valence electrons. The molecule has 1 aliphatic heterocycles. The Labute approximate surface area is 191 Å². The molecule has 4 rings (SSSR count). The van der Waals surface area contributed by atoms with E-state index in [9.17, 15) is 18.4 Å². The molecule has 2 atom stereocenters. The average molecular weight is 450 g/mol. The Morgan fingerprint density at radius 1 is 1.00 bits per heavy atom. The lowest BCUT2D eigenvalue weighted by Gasteiger charge is -2.18. The Balaban J connectivity index is 1.57. The molecule has 0 spiro atoms. The van der Waals surface area contributed by atoms with E-state index in [0.717, 1.165) is 11.1 Å². The molecule has 1 aliphatic rings. The van der Waals surface area contributed by atoms with Gasteiger partial charge in [-0.25, -0.2) is 8.78 Å². The van der Waals surface area contributed by atoms with Crippen molar-refractivity contribution in [3.8, 4) is 5.75 Å². The van der Waals surface area contributed by atoms with E-state index in [2.05, 4.69) is 5.32 Å². The predicted molar refractivity (Wildman–Crippen MR) is 120 cm³/mol. The molecule has 0 bridgehead atoms. The third kappa shape index (κ3) is 5.03. The van der Waals surface area contributed by atoms with Crippen molar-refractivity contribution < 1.29 is 23.1 Å². The number of carbonyl (C=O) groups excluding carboxylic acids is 2. The Hall–Kier alpha value is -3.74. The Kier molecular flexibility index (Phi) is 6.68. The first-order valence-electron chi connectivity index (χ1n) is 10.7. The summed E-state index contributed by atoms with van der Waals surface area (Å²) in [6, 6.07) is 19.1. The van der Waals surface area contributed by atoms with Gasteiger partial charge in [-0.1, -0.05) is 36.4 Å². The van der Waals surface area contributed by atoms with Gasteiger partial charge in [-0.3, -0.25) is 9.59 Å². The molecule has 0 saturated carbocycles. The van der Waals surface area contributed by atoms with Crippen LogP contribution in [0.1, 0.15) is 27.4 Å². The third-order valence-corrected chi connectivity index (χ3v) is 5.95. The van der Waals surface area contributed by atoms with Crippen LogP contribution in [0.3, 0.4) is 0 Å². The molecule has 33 heavy (non-hydrogen) atoms. The van der Waals surface area contributed by atoms with Crippen LogP contribution in [-0.2, 0) is 11.3 Å². The summed E-state index contributed by atoms with van der Waals surface area (Å²) in [6.07, 6.45) is 0. The fraction of sp³-hybridized carbons (Fsp3) is 0.231. The number of methoxy groups -OCH3 is 1. The number of benzene rings is 3. The molecular formula is C26H24F2N2O3. The van der Waals surface area contributed by atoms with Crippen LogP contribution in [0.25, 0.3) is 0 Å².